The smallest absolute Gasteiger partial charge is 0.224 e. The molecule has 0 saturated heterocycles. The second-order valence-electron chi connectivity index (χ2n) is 5.20. The van der Waals surface area contributed by atoms with Gasteiger partial charge in [-0.25, -0.2) is 4.98 Å². The number of fused-ring (bicyclic) bond motifs is 1. The largest absolute Gasteiger partial charge is 0.439 e. The molecule has 0 fully saturated rings. The molecule has 0 spiro atoms. The third-order valence-corrected chi connectivity index (χ3v) is 3.60. The van der Waals surface area contributed by atoms with Gasteiger partial charge in [0.15, 0.2) is 0 Å². The van der Waals surface area contributed by atoms with Crippen molar-refractivity contribution < 1.29 is 4.74 Å². The van der Waals surface area contributed by atoms with Crippen molar-refractivity contribution in [1.82, 2.24) is 4.98 Å². The molecule has 0 N–H and O–H groups in total. The summed E-state index contributed by atoms with van der Waals surface area (Å²) in [4.78, 5) is 4.59. The number of rotatable bonds is 3. The SMILES string of the molecule is Cc1cc(C)cc(Oc2nc3ccccc3cc2CCl)c1. The molecule has 21 heavy (non-hydrogen) atoms. The van der Waals surface area contributed by atoms with Crippen LogP contribution in [0.3, 0.4) is 0 Å². The molecule has 0 aliphatic carbocycles. The van der Waals surface area contributed by atoms with Crippen LogP contribution in [0.2, 0.25) is 0 Å². The number of aromatic nitrogens is 1. The molecule has 0 atom stereocenters. The lowest BCUT2D eigenvalue weighted by Crippen LogP contribution is -1.95. The minimum Gasteiger partial charge on any atom is -0.439 e. The second kappa shape index (κ2) is 5.74. The van der Waals surface area contributed by atoms with E-state index in [-0.39, 0.29) is 0 Å². The van der Waals surface area contributed by atoms with Gasteiger partial charge in [-0.3, -0.25) is 0 Å². The van der Waals surface area contributed by atoms with Crippen molar-refractivity contribution in [3.8, 4) is 11.6 Å². The Labute approximate surface area is 129 Å². The third-order valence-electron chi connectivity index (χ3n) is 3.32. The van der Waals surface area contributed by atoms with E-state index in [9.17, 15) is 0 Å². The topological polar surface area (TPSA) is 22.1 Å². The molecule has 0 saturated carbocycles. The molecular weight excluding hydrogens is 282 g/mol. The minimum absolute atomic E-state index is 0.373. The molecule has 2 nitrogen and oxygen atoms in total. The van der Waals surface area contributed by atoms with Gasteiger partial charge in [-0.05, 0) is 49.2 Å². The Hall–Kier alpha value is -2.06. The van der Waals surface area contributed by atoms with Gasteiger partial charge in [0.1, 0.15) is 5.75 Å². The molecule has 0 aliphatic rings. The van der Waals surface area contributed by atoms with Crippen molar-refractivity contribution in [3.05, 3.63) is 65.2 Å². The van der Waals surface area contributed by atoms with Gasteiger partial charge in [-0.1, -0.05) is 24.3 Å². The van der Waals surface area contributed by atoms with Crippen LogP contribution in [0.5, 0.6) is 11.6 Å². The number of para-hydroxylation sites is 1. The quantitative estimate of drug-likeness (QED) is 0.605. The van der Waals surface area contributed by atoms with E-state index in [1.165, 1.54) is 11.1 Å². The summed E-state index contributed by atoms with van der Waals surface area (Å²) in [5.74, 6) is 1.74. The molecule has 0 unspecified atom stereocenters. The van der Waals surface area contributed by atoms with Gasteiger partial charge in [0.2, 0.25) is 5.88 Å². The summed E-state index contributed by atoms with van der Waals surface area (Å²) in [5, 5.41) is 1.07. The van der Waals surface area contributed by atoms with Gasteiger partial charge >= 0.3 is 0 Å². The van der Waals surface area contributed by atoms with E-state index in [2.05, 4.69) is 24.9 Å². The Kier molecular flexibility index (Phi) is 3.80. The van der Waals surface area contributed by atoms with Gasteiger partial charge in [0, 0.05) is 10.9 Å². The minimum atomic E-state index is 0.373. The van der Waals surface area contributed by atoms with Gasteiger partial charge in [-0.2, -0.15) is 0 Å². The highest BCUT2D eigenvalue weighted by atomic mass is 35.5. The van der Waals surface area contributed by atoms with Crippen molar-refractivity contribution in [2.75, 3.05) is 0 Å². The van der Waals surface area contributed by atoms with Crippen molar-refractivity contribution in [2.45, 2.75) is 19.7 Å². The van der Waals surface area contributed by atoms with Crippen LogP contribution in [-0.2, 0) is 5.88 Å². The zero-order valence-corrected chi connectivity index (χ0v) is 12.8. The molecule has 3 aromatic rings. The number of nitrogens with zero attached hydrogens (tertiary/aromatic N) is 1. The van der Waals surface area contributed by atoms with Crippen LogP contribution >= 0.6 is 11.6 Å². The lowest BCUT2D eigenvalue weighted by Gasteiger charge is -2.11. The molecule has 3 heteroatoms. The summed E-state index contributed by atoms with van der Waals surface area (Å²) in [6.07, 6.45) is 0. The molecule has 0 bridgehead atoms. The number of ether oxygens (including phenoxy) is 1. The second-order valence-corrected chi connectivity index (χ2v) is 5.47. The lowest BCUT2D eigenvalue weighted by molar-refractivity contribution is 0.460. The average molecular weight is 298 g/mol. The van der Waals surface area contributed by atoms with E-state index in [0.29, 0.717) is 11.8 Å². The maximum absolute atomic E-state index is 6.04. The van der Waals surface area contributed by atoms with Crippen molar-refractivity contribution in [3.63, 3.8) is 0 Å². The van der Waals surface area contributed by atoms with E-state index in [4.69, 9.17) is 16.3 Å². The first-order valence-electron chi connectivity index (χ1n) is 6.86. The number of alkyl halides is 1. The summed E-state index contributed by atoms with van der Waals surface area (Å²) < 4.78 is 5.97. The maximum atomic E-state index is 6.04. The number of halogens is 1. The monoisotopic (exact) mass is 297 g/mol. The highest BCUT2D eigenvalue weighted by Gasteiger charge is 2.09. The van der Waals surface area contributed by atoms with Crippen LogP contribution in [0.4, 0.5) is 0 Å². The number of hydrogen-bond donors (Lipinski definition) is 0. The fraction of sp³-hybridized carbons (Fsp3) is 0.167. The van der Waals surface area contributed by atoms with E-state index >= 15 is 0 Å². The van der Waals surface area contributed by atoms with E-state index in [1.54, 1.807) is 0 Å². The number of aryl methyl sites for hydroxylation is 2. The normalized spacial score (nSPS) is 10.8. The van der Waals surface area contributed by atoms with E-state index < -0.39 is 0 Å². The Morgan fingerprint density at radius 1 is 1.00 bits per heavy atom. The third kappa shape index (κ3) is 3.01. The van der Waals surface area contributed by atoms with Crippen LogP contribution in [0.25, 0.3) is 10.9 Å². The van der Waals surface area contributed by atoms with Crippen LogP contribution in [0.1, 0.15) is 16.7 Å². The van der Waals surface area contributed by atoms with E-state index in [1.807, 2.05) is 42.5 Å². The van der Waals surface area contributed by atoms with Gasteiger partial charge < -0.3 is 4.74 Å². The molecular formula is C18H16ClNO. The summed E-state index contributed by atoms with van der Waals surface area (Å²) in [7, 11) is 0. The van der Waals surface area contributed by atoms with Gasteiger partial charge in [0.25, 0.3) is 0 Å². The number of benzene rings is 2. The molecule has 1 heterocycles. The van der Waals surface area contributed by atoms with Crippen LogP contribution in [-0.4, -0.2) is 4.98 Å². The lowest BCUT2D eigenvalue weighted by atomic mass is 10.1. The molecule has 106 valence electrons. The van der Waals surface area contributed by atoms with Crippen LogP contribution in [0, 0.1) is 13.8 Å². The van der Waals surface area contributed by atoms with Gasteiger partial charge in [0.05, 0.1) is 11.4 Å². The van der Waals surface area contributed by atoms with Crippen molar-refractivity contribution in [2.24, 2.45) is 0 Å². The fourth-order valence-corrected chi connectivity index (χ4v) is 2.62. The first kappa shape index (κ1) is 13.9. The van der Waals surface area contributed by atoms with E-state index in [0.717, 1.165) is 22.2 Å². The Bertz CT molecular complexity index is 778. The molecule has 2 aromatic carbocycles. The Morgan fingerprint density at radius 3 is 2.43 bits per heavy atom. The summed E-state index contributed by atoms with van der Waals surface area (Å²) in [6.45, 7) is 4.10. The summed E-state index contributed by atoms with van der Waals surface area (Å²) >= 11 is 6.04. The standard InChI is InChI=1S/C18H16ClNO/c1-12-7-13(2)9-16(8-12)21-18-15(11-19)10-14-5-3-4-6-17(14)20-18/h3-10H,11H2,1-2H3. The molecule has 0 amide bonds. The maximum Gasteiger partial charge on any atom is 0.224 e. The molecule has 0 radical (unpaired) electrons. The van der Waals surface area contributed by atoms with Crippen LogP contribution in [0.15, 0.2) is 48.5 Å². The van der Waals surface area contributed by atoms with Crippen molar-refractivity contribution in [1.29, 1.82) is 0 Å². The van der Waals surface area contributed by atoms with Crippen molar-refractivity contribution >= 4 is 22.5 Å². The summed E-state index contributed by atoms with van der Waals surface area (Å²) in [6, 6.07) is 16.1. The highest BCUT2D eigenvalue weighted by molar-refractivity contribution is 6.17. The molecule has 1 aromatic heterocycles. The van der Waals surface area contributed by atoms with Crippen LogP contribution < -0.4 is 4.74 Å². The van der Waals surface area contributed by atoms with Gasteiger partial charge in [-0.15, -0.1) is 11.6 Å². The zero-order valence-electron chi connectivity index (χ0n) is 12.1. The Morgan fingerprint density at radius 2 is 1.71 bits per heavy atom. The zero-order chi connectivity index (χ0) is 14.8. The molecule has 0 aliphatic heterocycles. The Balaban J connectivity index is 2.06. The number of hydrogen-bond acceptors (Lipinski definition) is 2. The summed E-state index contributed by atoms with van der Waals surface area (Å²) in [5.41, 5.74) is 4.14. The highest BCUT2D eigenvalue weighted by Crippen LogP contribution is 2.29. The average Bonchev–Trinajstić information content (AvgIpc) is 2.45. The molecule has 3 rings (SSSR count). The first-order chi connectivity index (χ1) is 10.2. The number of pyridine rings is 1. The predicted molar refractivity (Wildman–Crippen MR) is 87.3 cm³/mol. The first-order valence-corrected chi connectivity index (χ1v) is 7.40. The predicted octanol–water partition coefficient (Wildman–Crippen LogP) is 5.38. The fourth-order valence-electron chi connectivity index (χ4n) is 2.43.